The number of nitrogens with one attached hydrogen (secondary N) is 2. The van der Waals surface area contributed by atoms with Gasteiger partial charge in [0.05, 0.1) is 5.56 Å². The lowest BCUT2D eigenvalue weighted by Gasteiger charge is -2.11. The van der Waals surface area contributed by atoms with Gasteiger partial charge in [-0.15, -0.1) is 0 Å². The van der Waals surface area contributed by atoms with Gasteiger partial charge in [0.15, 0.2) is 0 Å². The molecule has 4 heteroatoms. The SMILES string of the molecule is CNCc1ccccc1NC(=O)c1cccc(C)c1F. The van der Waals surface area contributed by atoms with Crippen molar-refractivity contribution in [3.05, 3.63) is 65.0 Å². The Morgan fingerprint density at radius 1 is 1.15 bits per heavy atom. The molecule has 0 bridgehead atoms. The van der Waals surface area contributed by atoms with Crippen LogP contribution in [0.4, 0.5) is 10.1 Å². The van der Waals surface area contributed by atoms with Crippen molar-refractivity contribution < 1.29 is 9.18 Å². The third kappa shape index (κ3) is 3.03. The number of hydrogen-bond donors (Lipinski definition) is 2. The number of anilines is 1. The number of aryl methyl sites for hydroxylation is 1. The van der Waals surface area contributed by atoms with Gasteiger partial charge in [0.25, 0.3) is 5.91 Å². The fourth-order valence-electron chi connectivity index (χ4n) is 2.00. The fraction of sp³-hybridized carbons (Fsp3) is 0.188. The van der Waals surface area contributed by atoms with Crippen LogP contribution in [0, 0.1) is 12.7 Å². The van der Waals surface area contributed by atoms with E-state index >= 15 is 0 Å². The highest BCUT2D eigenvalue weighted by molar-refractivity contribution is 6.04. The van der Waals surface area contributed by atoms with E-state index in [1.807, 2.05) is 25.2 Å². The van der Waals surface area contributed by atoms with Gasteiger partial charge in [0, 0.05) is 12.2 Å². The number of carbonyl (C=O) groups is 1. The molecule has 2 aromatic carbocycles. The Morgan fingerprint density at radius 2 is 1.90 bits per heavy atom. The molecule has 0 fully saturated rings. The Labute approximate surface area is 117 Å². The van der Waals surface area contributed by atoms with Gasteiger partial charge >= 0.3 is 0 Å². The molecule has 0 atom stereocenters. The highest BCUT2D eigenvalue weighted by Gasteiger charge is 2.14. The molecular formula is C16H17FN2O. The minimum Gasteiger partial charge on any atom is -0.322 e. The Bertz CT molecular complexity index is 626. The van der Waals surface area contributed by atoms with E-state index < -0.39 is 11.7 Å². The molecule has 3 nitrogen and oxygen atoms in total. The molecule has 0 saturated carbocycles. The standard InChI is InChI=1S/C16H17FN2O/c1-11-6-5-8-13(15(11)17)16(20)19-14-9-4-3-7-12(14)10-18-2/h3-9,18H,10H2,1-2H3,(H,19,20). The highest BCUT2D eigenvalue weighted by atomic mass is 19.1. The topological polar surface area (TPSA) is 41.1 Å². The van der Waals surface area contributed by atoms with E-state index in [-0.39, 0.29) is 5.56 Å². The molecule has 0 unspecified atom stereocenters. The number of rotatable bonds is 4. The molecule has 0 saturated heterocycles. The van der Waals surface area contributed by atoms with Crippen molar-refractivity contribution in [2.24, 2.45) is 0 Å². The number of amides is 1. The minimum absolute atomic E-state index is 0.0595. The van der Waals surface area contributed by atoms with E-state index in [2.05, 4.69) is 10.6 Å². The van der Waals surface area contributed by atoms with Crippen molar-refractivity contribution >= 4 is 11.6 Å². The van der Waals surface area contributed by atoms with Crippen molar-refractivity contribution in [3.63, 3.8) is 0 Å². The zero-order valence-electron chi connectivity index (χ0n) is 11.5. The van der Waals surface area contributed by atoms with Crippen LogP contribution in [0.3, 0.4) is 0 Å². The maximum Gasteiger partial charge on any atom is 0.258 e. The lowest BCUT2D eigenvalue weighted by atomic mass is 10.1. The van der Waals surface area contributed by atoms with Crippen molar-refractivity contribution in [2.75, 3.05) is 12.4 Å². The summed E-state index contributed by atoms with van der Waals surface area (Å²) in [4.78, 5) is 12.2. The van der Waals surface area contributed by atoms with E-state index in [1.165, 1.54) is 6.07 Å². The largest absolute Gasteiger partial charge is 0.322 e. The van der Waals surface area contributed by atoms with E-state index in [9.17, 15) is 9.18 Å². The van der Waals surface area contributed by atoms with Crippen molar-refractivity contribution in [1.82, 2.24) is 5.32 Å². The first-order valence-electron chi connectivity index (χ1n) is 6.42. The summed E-state index contributed by atoms with van der Waals surface area (Å²) in [6.45, 7) is 2.27. The Balaban J connectivity index is 2.26. The number of carbonyl (C=O) groups excluding carboxylic acids is 1. The maximum atomic E-state index is 13.9. The first kappa shape index (κ1) is 14.2. The Kier molecular flexibility index (Phi) is 4.48. The molecule has 0 radical (unpaired) electrons. The van der Waals surface area contributed by atoms with Crippen LogP contribution < -0.4 is 10.6 Å². The lowest BCUT2D eigenvalue weighted by Crippen LogP contribution is -2.17. The van der Waals surface area contributed by atoms with E-state index in [1.54, 1.807) is 25.1 Å². The molecule has 0 heterocycles. The second-order valence-electron chi connectivity index (χ2n) is 4.58. The first-order valence-corrected chi connectivity index (χ1v) is 6.42. The predicted molar refractivity (Wildman–Crippen MR) is 78.3 cm³/mol. The van der Waals surface area contributed by atoms with Gasteiger partial charge in [0.1, 0.15) is 5.82 Å². The number of hydrogen-bond acceptors (Lipinski definition) is 2. The van der Waals surface area contributed by atoms with Gasteiger partial charge in [-0.3, -0.25) is 4.79 Å². The molecule has 1 amide bonds. The van der Waals surface area contributed by atoms with E-state index in [0.717, 1.165) is 5.56 Å². The molecule has 20 heavy (non-hydrogen) atoms. The number of para-hydroxylation sites is 1. The summed E-state index contributed by atoms with van der Waals surface area (Å²) in [6, 6.07) is 12.3. The molecular weight excluding hydrogens is 255 g/mol. The van der Waals surface area contributed by atoms with Gasteiger partial charge in [-0.05, 0) is 37.2 Å². The molecule has 0 aliphatic rings. The summed E-state index contributed by atoms with van der Waals surface area (Å²) in [5.74, 6) is -0.911. The van der Waals surface area contributed by atoms with Crippen molar-refractivity contribution in [3.8, 4) is 0 Å². The summed E-state index contributed by atoms with van der Waals surface area (Å²) in [5, 5.41) is 5.79. The zero-order chi connectivity index (χ0) is 14.5. The van der Waals surface area contributed by atoms with Crippen LogP contribution in [0.2, 0.25) is 0 Å². The Morgan fingerprint density at radius 3 is 2.65 bits per heavy atom. The van der Waals surface area contributed by atoms with Crippen LogP contribution in [0.15, 0.2) is 42.5 Å². The van der Waals surface area contributed by atoms with Gasteiger partial charge in [-0.1, -0.05) is 30.3 Å². The predicted octanol–water partition coefficient (Wildman–Crippen LogP) is 3.11. The molecule has 0 spiro atoms. The van der Waals surface area contributed by atoms with Crippen LogP contribution in [0.1, 0.15) is 21.5 Å². The van der Waals surface area contributed by atoms with Crippen LogP contribution in [0.5, 0.6) is 0 Å². The summed E-state index contributed by atoms with van der Waals surface area (Å²) in [7, 11) is 1.83. The van der Waals surface area contributed by atoms with Gasteiger partial charge < -0.3 is 10.6 Å². The summed E-state index contributed by atoms with van der Waals surface area (Å²) in [5.41, 5.74) is 2.16. The first-order chi connectivity index (χ1) is 9.63. The summed E-state index contributed by atoms with van der Waals surface area (Å²) in [6.07, 6.45) is 0. The molecule has 2 rings (SSSR count). The Hall–Kier alpha value is -2.20. The van der Waals surface area contributed by atoms with Crippen LogP contribution >= 0.6 is 0 Å². The van der Waals surface area contributed by atoms with Crippen LogP contribution in [-0.2, 0) is 6.54 Å². The smallest absolute Gasteiger partial charge is 0.258 e. The monoisotopic (exact) mass is 272 g/mol. The summed E-state index contributed by atoms with van der Waals surface area (Å²) < 4.78 is 13.9. The number of benzene rings is 2. The molecule has 0 aliphatic carbocycles. The third-order valence-electron chi connectivity index (χ3n) is 3.07. The molecule has 104 valence electrons. The zero-order valence-corrected chi connectivity index (χ0v) is 11.5. The minimum atomic E-state index is -0.476. The van der Waals surface area contributed by atoms with E-state index in [4.69, 9.17) is 0 Å². The second kappa shape index (κ2) is 6.30. The molecule has 2 aromatic rings. The molecule has 0 aromatic heterocycles. The average molecular weight is 272 g/mol. The molecule has 2 N–H and O–H groups in total. The quantitative estimate of drug-likeness (QED) is 0.898. The van der Waals surface area contributed by atoms with Gasteiger partial charge in [-0.2, -0.15) is 0 Å². The highest BCUT2D eigenvalue weighted by Crippen LogP contribution is 2.18. The van der Waals surface area contributed by atoms with Crippen molar-refractivity contribution in [1.29, 1.82) is 0 Å². The maximum absolute atomic E-state index is 13.9. The lowest BCUT2D eigenvalue weighted by molar-refractivity contribution is 0.102. The van der Waals surface area contributed by atoms with Gasteiger partial charge in [-0.25, -0.2) is 4.39 Å². The normalized spacial score (nSPS) is 10.3. The summed E-state index contributed by atoms with van der Waals surface area (Å²) >= 11 is 0. The van der Waals surface area contributed by atoms with E-state index in [0.29, 0.717) is 17.8 Å². The van der Waals surface area contributed by atoms with Crippen LogP contribution in [-0.4, -0.2) is 13.0 Å². The fourth-order valence-corrected chi connectivity index (χ4v) is 2.00. The third-order valence-corrected chi connectivity index (χ3v) is 3.07. The van der Waals surface area contributed by atoms with Crippen molar-refractivity contribution in [2.45, 2.75) is 13.5 Å². The van der Waals surface area contributed by atoms with Gasteiger partial charge in [0.2, 0.25) is 0 Å². The molecule has 0 aliphatic heterocycles. The second-order valence-corrected chi connectivity index (χ2v) is 4.58. The van der Waals surface area contributed by atoms with Crippen LogP contribution in [0.25, 0.3) is 0 Å². The number of halogens is 1. The average Bonchev–Trinajstić information content (AvgIpc) is 2.44.